The molecule has 0 amide bonds. The molecular weight excluding hydrogens is 522 g/mol. The maximum absolute atomic E-state index is 13.7. The number of ether oxygens (including phenoxy) is 1. The monoisotopic (exact) mass is 547 g/mol. The first-order valence-corrected chi connectivity index (χ1v) is 14.3. The molecule has 0 bridgehead atoms. The van der Waals surface area contributed by atoms with Crippen LogP contribution in [0.25, 0.3) is 0 Å². The highest BCUT2D eigenvalue weighted by Crippen LogP contribution is 2.33. The number of fused-ring (bicyclic) bond motifs is 1. The molecule has 13 heteroatoms. The Morgan fingerprint density at radius 2 is 1.81 bits per heavy atom. The number of methoxy groups -OCH3 is 1. The number of carbonyl (C=O) groups is 1. The van der Waals surface area contributed by atoms with Crippen molar-refractivity contribution in [2.24, 2.45) is 5.16 Å². The van der Waals surface area contributed by atoms with Crippen molar-refractivity contribution in [3.05, 3.63) is 64.8 Å². The van der Waals surface area contributed by atoms with Gasteiger partial charge in [-0.3, -0.25) is 4.79 Å². The van der Waals surface area contributed by atoms with Gasteiger partial charge in [0.25, 0.3) is 0 Å². The fourth-order valence-corrected chi connectivity index (χ4v) is 6.59. The minimum atomic E-state index is -4.32. The molecule has 1 aliphatic heterocycles. The molecule has 0 N–H and O–H groups in total. The van der Waals surface area contributed by atoms with E-state index in [4.69, 9.17) is 13.8 Å². The lowest BCUT2D eigenvalue weighted by Crippen LogP contribution is -2.24. The van der Waals surface area contributed by atoms with Crippen molar-refractivity contribution in [3.63, 3.8) is 0 Å². The lowest BCUT2D eigenvalue weighted by Gasteiger charge is -2.21. The van der Waals surface area contributed by atoms with Gasteiger partial charge in [-0.05, 0) is 55.8 Å². The number of aromatic nitrogens is 2. The second-order valence-electron chi connectivity index (χ2n) is 8.12. The molecular formula is C24H25N3O8S2. The van der Waals surface area contributed by atoms with Crippen LogP contribution < -0.4 is 8.92 Å². The molecule has 196 valence electrons. The maximum atomic E-state index is 13.7. The number of hydrogen-bond donors (Lipinski definition) is 0. The normalized spacial score (nSPS) is 15.7. The summed E-state index contributed by atoms with van der Waals surface area (Å²) in [5, 5.41) is 8.08. The molecule has 0 fully saturated rings. The maximum Gasteiger partial charge on any atom is 0.340 e. The van der Waals surface area contributed by atoms with E-state index in [1.54, 1.807) is 13.8 Å². The van der Waals surface area contributed by atoms with Crippen LogP contribution in [0.3, 0.4) is 0 Å². The third-order valence-corrected chi connectivity index (χ3v) is 8.95. The van der Waals surface area contributed by atoms with Gasteiger partial charge in [0.05, 0.1) is 29.7 Å². The fraction of sp³-hybridized carbons (Fsp3) is 0.292. The summed E-state index contributed by atoms with van der Waals surface area (Å²) in [5.74, 6) is -0.493. The summed E-state index contributed by atoms with van der Waals surface area (Å²) < 4.78 is 63.1. The summed E-state index contributed by atoms with van der Waals surface area (Å²) in [6.07, 6.45) is 1.36. The van der Waals surface area contributed by atoms with E-state index in [9.17, 15) is 21.6 Å². The number of ketones is 1. The zero-order valence-electron chi connectivity index (χ0n) is 20.6. The second kappa shape index (κ2) is 9.98. The molecule has 1 aliphatic rings. The number of oxime groups is 1. The van der Waals surface area contributed by atoms with Crippen molar-refractivity contribution < 1.29 is 35.4 Å². The molecule has 0 aliphatic carbocycles. The van der Waals surface area contributed by atoms with Crippen LogP contribution >= 0.6 is 0 Å². The lowest BCUT2D eigenvalue weighted by atomic mass is 9.93. The van der Waals surface area contributed by atoms with Crippen LogP contribution in [0, 0.1) is 6.92 Å². The molecule has 2 aromatic carbocycles. The highest BCUT2D eigenvalue weighted by atomic mass is 32.2. The number of benzene rings is 2. The zero-order chi connectivity index (χ0) is 27.0. The van der Waals surface area contributed by atoms with Crippen molar-refractivity contribution in [3.8, 4) is 11.6 Å². The Bertz CT molecular complexity index is 1610. The summed E-state index contributed by atoms with van der Waals surface area (Å²) in [7, 11) is -5.07. The Morgan fingerprint density at radius 1 is 1.11 bits per heavy atom. The minimum absolute atomic E-state index is 0.0615. The quantitative estimate of drug-likeness (QED) is 0.236. The van der Waals surface area contributed by atoms with Gasteiger partial charge in [0.15, 0.2) is 15.6 Å². The van der Waals surface area contributed by atoms with E-state index >= 15 is 0 Å². The van der Waals surface area contributed by atoms with E-state index < -0.39 is 25.7 Å². The molecule has 37 heavy (non-hydrogen) atoms. The molecule has 1 aromatic heterocycles. The molecule has 3 aromatic rings. The van der Waals surface area contributed by atoms with Gasteiger partial charge >= 0.3 is 10.1 Å². The SMILES string of the molecule is CCn1ncc(C(=O)c2ccc3c(c2C)/C(=N/OC)CCS3(=O)=O)c1OS(=O)(=O)c1ccc(OC)cc1. The summed E-state index contributed by atoms with van der Waals surface area (Å²) in [4.78, 5) is 18.5. The highest BCUT2D eigenvalue weighted by molar-refractivity contribution is 7.91. The van der Waals surface area contributed by atoms with Crippen molar-refractivity contribution in [1.82, 2.24) is 9.78 Å². The predicted octanol–water partition coefficient (Wildman–Crippen LogP) is 2.75. The standard InChI is InChI=1S/C24H25N3O8S2/c1-5-27-24(35-37(31,32)17-8-6-16(33-3)7-9-17)19(14-25-27)23(28)18-10-11-21-22(15(18)2)20(26-34-4)12-13-36(21,29)30/h6-11,14H,5,12-13H2,1-4H3/b26-20+. The highest BCUT2D eigenvalue weighted by Gasteiger charge is 2.33. The fourth-order valence-electron chi connectivity index (χ4n) is 4.10. The number of hydrogen-bond acceptors (Lipinski definition) is 10. The van der Waals surface area contributed by atoms with Crippen LogP contribution in [0.1, 0.15) is 40.4 Å². The molecule has 0 atom stereocenters. The van der Waals surface area contributed by atoms with E-state index in [0.717, 1.165) is 0 Å². The van der Waals surface area contributed by atoms with E-state index in [-0.39, 0.29) is 45.5 Å². The van der Waals surface area contributed by atoms with Gasteiger partial charge in [-0.25, -0.2) is 13.1 Å². The topological polar surface area (TPSA) is 143 Å². The van der Waals surface area contributed by atoms with Crippen molar-refractivity contribution in [1.29, 1.82) is 0 Å². The Kier molecular flexibility index (Phi) is 7.11. The summed E-state index contributed by atoms with van der Waals surface area (Å²) in [6, 6.07) is 8.36. The summed E-state index contributed by atoms with van der Waals surface area (Å²) in [6.45, 7) is 3.56. The first-order chi connectivity index (χ1) is 17.5. The Balaban J connectivity index is 1.79. The average Bonchev–Trinajstić information content (AvgIpc) is 3.27. The number of nitrogens with zero attached hydrogens (tertiary/aromatic N) is 3. The first-order valence-electron chi connectivity index (χ1n) is 11.2. The van der Waals surface area contributed by atoms with Crippen LogP contribution in [-0.4, -0.2) is 58.1 Å². The third kappa shape index (κ3) is 4.83. The molecule has 0 spiro atoms. The molecule has 0 saturated carbocycles. The van der Waals surface area contributed by atoms with Gasteiger partial charge in [0, 0.05) is 24.1 Å². The Hall–Kier alpha value is -3.71. The van der Waals surface area contributed by atoms with Gasteiger partial charge in [-0.15, -0.1) is 0 Å². The average molecular weight is 548 g/mol. The third-order valence-electron chi connectivity index (χ3n) is 5.98. The molecule has 11 nitrogen and oxygen atoms in total. The smallest absolute Gasteiger partial charge is 0.340 e. The van der Waals surface area contributed by atoms with Crippen LogP contribution in [0.4, 0.5) is 0 Å². The van der Waals surface area contributed by atoms with Crippen molar-refractivity contribution in [2.45, 2.75) is 36.6 Å². The lowest BCUT2D eigenvalue weighted by molar-refractivity contribution is 0.103. The number of aryl methyl sites for hydroxylation is 1. The second-order valence-corrected chi connectivity index (χ2v) is 11.7. The Morgan fingerprint density at radius 3 is 2.43 bits per heavy atom. The molecule has 2 heterocycles. The van der Waals surface area contributed by atoms with Gasteiger partial charge in [0.2, 0.25) is 5.88 Å². The minimum Gasteiger partial charge on any atom is -0.497 e. The van der Waals surface area contributed by atoms with Gasteiger partial charge in [-0.2, -0.15) is 13.5 Å². The van der Waals surface area contributed by atoms with Crippen LogP contribution in [0.5, 0.6) is 11.6 Å². The molecule has 0 unspecified atom stereocenters. The van der Waals surface area contributed by atoms with E-state index in [0.29, 0.717) is 22.6 Å². The van der Waals surface area contributed by atoms with E-state index in [1.807, 2.05) is 0 Å². The van der Waals surface area contributed by atoms with Gasteiger partial charge in [0.1, 0.15) is 23.3 Å². The summed E-state index contributed by atoms with van der Waals surface area (Å²) >= 11 is 0. The molecule has 0 radical (unpaired) electrons. The number of carbonyl (C=O) groups excluding carboxylic acids is 1. The zero-order valence-corrected chi connectivity index (χ0v) is 22.2. The number of sulfone groups is 1. The van der Waals surface area contributed by atoms with Gasteiger partial charge in [-0.1, -0.05) is 5.16 Å². The van der Waals surface area contributed by atoms with Crippen molar-refractivity contribution >= 4 is 31.5 Å². The number of rotatable bonds is 8. The predicted molar refractivity (Wildman–Crippen MR) is 134 cm³/mol. The largest absolute Gasteiger partial charge is 0.497 e. The van der Waals surface area contributed by atoms with E-state index in [2.05, 4.69) is 10.3 Å². The van der Waals surface area contributed by atoms with Crippen molar-refractivity contribution in [2.75, 3.05) is 20.0 Å². The van der Waals surface area contributed by atoms with Crippen LogP contribution in [-0.2, 0) is 31.3 Å². The van der Waals surface area contributed by atoms with Crippen LogP contribution in [0.15, 0.2) is 57.5 Å². The summed E-state index contributed by atoms with van der Waals surface area (Å²) in [5.41, 5.74) is 1.14. The molecule has 0 saturated heterocycles. The molecule has 4 rings (SSSR count). The van der Waals surface area contributed by atoms with Crippen LogP contribution in [0.2, 0.25) is 0 Å². The van der Waals surface area contributed by atoms with E-state index in [1.165, 1.54) is 61.5 Å². The van der Waals surface area contributed by atoms with Gasteiger partial charge < -0.3 is 13.8 Å². The first kappa shape index (κ1) is 26.4. The Labute approximate surface area is 214 Å².